The molecule has 194 valence electrons. The van der Waals surface area contributed by atoms with Crippen molar-refractivity contribution in [3.05, 3.63) is 108 Å². The zero-order valence-electron chi connectivity index (χ0n) is 21.0. The fourth-order valence-corrected chi connectivity index (χ4v) is 4.84. The van der Waals surface area contributed by atoms with Crippen LogP contribution >= 0.6 is 0 Å². The number of nitrogens with zero attached hydrogens (tertiary/aromatic N) is 3. The molecule has 0 spiro atoms. The lowest BCUT2D eigenvalue weighted by Crippen LogP contribution is -2.49. The Labute approximate surface area is 220 Å². The summed E-state index contributed by atoms with van der Waals surface area (Å²) in [5.41, 5.74) is 3.07. The molecule has 2 unspecified atom stereocenters. The molecule has 38 heavy (non-hydrogen) atoms. The summed E-state index contributed by atoms with van der Waals surface area (Å²) in [6.45, 7) is 4.71. The summed E-state index contributed by atoms with van der Waals surface area (Å²) in [4.78, 5) is 34.2. The Morgan fingerprint density at radius 2 is 1.61 bits per heavy atom. The van der Waals surface area contributed by atoms with Crippen LogP contribution < -0.4 is 5.32 Å². The van der Waals surface area contributed by atoms with Crippen LogP contribution in [0.3, 0.4) is 0 Å². The van der Waals surface area contributed by atoms with Crippen LogP contribution in [-0.4, -0.2) is 57.9 Å². The highest BCUT2D eigenvalue weighted by Gasteiger charge is 2.26. The minimum absolute atomic E-state index is 0.0705. The van der Waals surface area contributed by atoms with Crippen LogP contribution in [0.15, 0.2) is 85.1 Å². The van der Waals surface area contributed by atoms with E-state index in [2.05, 4.69) is 22.1 Å². The van der Waals surface area contributed by atoms with Crippen LogP contribution in [-0.2, 0) is 4.79 Å². The Morgan fingerprint density at radius 3 is 2.32 bits per heavy atom. The van der Waals surface area contributed by atoms with E-state index in [0.717, 1.165) is 24.0 Å². The van der Waals surface area contributed by atoms with Gasteiger partial charge in [0.25, 0.3) is 11.8 Å². The number of carbonyl (C=O) groups excluding carboxylic acids is 2. The molecule has 2 N–H and O–H groups in total. The summed E-state index contributed by atoms with van der Waals surface area (Å²) < 4.78 is 13.2. The van der Waals surface area contributed by atoms with Gasteiger partial charge in [-0.05, 0) is 55.0 Å². The average Bonchev–Trinajstić information content (AvgIpc) is 2.96. The number of anilines is 1. The van der Waals surface area contributed by atoms with E-state index in [1.54, 1.807) is 60.8 Å². The van der Waals surface area contributed by atoms with E-state index in [1.165, 1.54) is 12.1 Å². The minimum atomic E-state index is -1.39. The highest BCUT2D eigenvalue weighted by molar-refractivity contribution is 5.98. The van der Waals surface area contributed by atoms with Crippen LogP contribution in [0, 0.1) is 5.82 Å². The maximum absolute atomic E-state index is 13.2. The number of piperazine rings is 1. The third-order valence-corrected chi connectivity index (χ3v) is 7.11. The quantitative estimate of drug-likeness (QED) is 0.396. The molecule has 4 aromatic rings. The molecule has 1 aliphatic heterocycles. The Balaban J connectivity index is 1.17. The van der Waals surface area contributed by atoms with Crippen LogP contribution in [0.5, 0.6) is 0 Å². The Kier molecular flexibility index (Phi) is 7.44. The van der Waals surface area contributed by atoms with Crippen LogP contribution in [0.25, 0.3) is 10.9 Å². The molecule has 8 heteroatoms. The molecule has 1 aliphatic rings. The number of nitrogens with one attached hydrogen (secondary N) is 1. The molecule has 1 aromatic heterocycles. The van der Waals surface area contributed by atoms with Crippen molar-refractivity contribution in [3.8, 4) is 0 Å². The number of rotatable bonds is 6. The van der Waals surface area contributed by atoms with Gasteiger partial charge in [0.05, 0.1) is 5.52 Å². The number of aliphatic hydroxyl groups is 1. The van der Waals surface area contributed by atoms with Crippen molar-refractivity contribution < 1.29 is 19.1 Å². The molecule has 7 nitrogen and oxygen atoms in total. The molecular weight excluding hydrogens is 483 g/mol. The molecule has 0 radical (unpaired) electrons. The van der Waals surface area contributed by atoms with Gasteiger partial charge in [-0.3, -0.25) is 19.5 Å². The van der Waals surface area contributed by atoms with Crippen molar-refractivity contribution in [1.82, 2.24) is 14.8 Å². The number of hydrogen-bond donors (Lipinski definition) is 2. The van der Waals surface area contributed by atoms with Gasteiger partial charge in [0.15, 0.2) is 6.10 Å². The summed E-state index contributed by atoms with van der Waals surface area (Å²) in [7, 11) is 0. The second-order valence-corrected chi connectivity index (χ2v) is 9.45. The molecule has 0 saturated carbocycles. The van der Waals surface area contributed by atoms with E-state index >= 15 is 0 Å². The van der Waals surface area contributed by atoms with Crippen LogP contribution in [0.4, 0.5) is 10.1 Å². The lowest BCUT2D eigenvalue weighted by atomic mass is 10.0. The summed E-state index contributed by atoms with van der Waals surface area (Å²) in [6, 6.07) is 22.4. The number of amides is 2. The monoisotopic (exact) mass is 512 g/mol. The highest BCUT2D eigenvalue weighted by Crippen LogP contribution is 2.25. The Bertz CT molecular complexity index is 1430. The summed E-state index contributed by atoms with van der Waals surface area (Å²) in [5.74, 6) is -0.896. The number of carbonyl (C=O) groups is 2. The number of pyridine rings is 1. The van der Waals surface area contributed by atoms with Gasteiger partial charge in [-0.25, -0.2) is 4.39 Å². The van der Waals surface area contributed by atoms with E-state index in [-0.39, 0.29) is 17.8 Å². The molecule has 1 fully saturated rings. The number of halogens is 1. The van der Waals surface area contributed by atoms with E-state index < -0.39 is 12.0 Å². The number of hydrogen-bond acceptors (Lipinski definition) is 5. The fourth-order valence-electron chi connectivity index (χ4n) is 4.84. The van der Waals surface area contributed by atoms with Crippen molar-refractivity contribution in [2.75, 3.05) is 31.5 Å². The molecule has 2 amide bonds. The first-order chi connectivity index (χ1) is 18.4. The number of fused-ring (bicyclic) bond motifs is 1. The SMILES string of the molecule is CC(c1ccc(F)cc1)N1CCN(C(=O)c2ccc(NC(=O)C(O)c3cccc4cccnc34)cc2)CC1. The van der Waals surface area contributed by atoms with E-state index in [9.17, 15) is 19.1 Å². The van der Waals surface area contributed by atoms with E-state index in [1.807, 2.05) is 17.0 Å². The second kappa shape index (κ2) is 11.1. The van der Waals surface area contributed by atoms with Gasteiger partial charge >= 0.3 is 0 Å². The first-order valence-electron chi connectivity index (χ1n) is 12.6. The molecule has 1 saturated heterocycles. The van der Waals surface area contributed by atoms with Gasteiger partial charge in [-0.15, -0.1) is 0 Å². The number of para-hydroxylation sites is 1. The molecule has 3 aromatic carbocycles. The predicted molar refractivity (Wildman–Crippen MR) is 144 cm³/mol. The zero-order chi connectivity index (χ0) is 26.6. The van der Waals surface area contributed by atoms with Crippen molar-refractivity contribution in [1.29, 1.82) is 0 Å². The number of aliphatic hydroxyl groups excluding tert-OH is 1. The minimum Gasteiger partial charge on any atom is -0.378 e. The maximum Gasteiger partial charge on any atom is 0.257 e. The number of benzene rings is 3. The lowest BCUT2D eigenvalue weighted by Gasteiger charge is -2.38. The summed E-state index contributed by atoms with van der Waals surface area (Å²) >= 11 is 0. The zero-order valence-corrected chi connectivity index (χ0v) is 21.0. The van der Waals surface area contributed by atoms with Gasteiger partial charge in [-0.2, -0.15) is 0 Å². The molecule has 0 bridgehead atoms. The largest absolute Gasteiger partial charge is 0.378 e. The van der Waals surface area contributed by atoms with Gasteiger partial charge in [0, 0.05) is 60.6 Å². The first-order valence-corrected chi connectivity index (χ1v) is 12.6. The third-order valence-electron chi connectivity index (χ3n) is 7.11. The normalized spacial score (nSPS) is 15.7. The van der Waals surface area contributed by atoms with Crippen molar-refractivity contribution in [3.63, 3.8) is 0 Å². The summed E-state index contributed by atoms with van der Waals surface area (Å²) in [5, 5.41) is 14.2. The van der Waals surface area contributed by atoms with E-state index in [4.69, 9.17) is 0 Å². The predicted octanol–water partition coefficient (Wildman–Crippen LogP) is 4.57. The molecular formula is C30H29FN4O3. The van der Waals surface area contributed by atoms with Gasteiger partial charge in [0.1, 0.15) is 5.82 Å². The topological polar surface area (TPSA) is 85.8 Å². The van der Waals surface area contributed by atoms with Crippen LogP contribution in [0.1, 0.15) is 40.6 Å². The smallest absolute Gasteiger partial charge is 0.257 e. The van der Waals surface area contributed by atoms with Crippen LogP contribution in [0.2, 0.25) is 0 Å². The second-order valence-electron chi connectivity index (χ2n) is 9.45. The van der Waals surface area contributed by atoms with Crippen molar-refractivity contribution in [2.24, 2.45) is 0 Å². The Hall–Kier alpha value is -4.14. The number of aromatic nitrogens is 1. The molecule has 2 heterocycles. The fraction of sp³-hybridized carbons (Fsp3) is 0.233. The maximum atomic E-state index is 13.2. The standard InChI is InChI=1S/C30H29FN4O3/c1-20(21-7-11-24(31)12-8-21)34-16-18-35(19-17-34)30(38)23-9-13-25(14-10-23)33-29(37)28(36)26-6-2-4-22-5-3-15-32-27(22)26/h2-15,20,28,36H,16-19H2,1H3,(H,33,37). The third kappa shape index (κ3) is 5.41. The molecule has 2 atom stereocenters. The van der Waals surface area contributed by atoms with E-state index in [0.29, 0.717) is 35.4 Å². The van der Waals surface area contributed by atoms with Crippen molar-refractivity contribution >= 4 is 28.4 Å². The molecule has 5 rings (SSSR count). The lowest BCUT2D eigenvalue weighted by molar-refractivity contribution is -0.124. The van der Waals surface area contributed by atoms with Crippen molar-refractivity contribution in [2.45, 2.75) is 19.1 Å². The Morgan fingerprint density at radius 1 is 0.921 bits per heavy atom. The van der Waals surface area contributed by atoms with Gasteiger partial charge < -0.3 is 15.3 Å². The van der Waals surface area contributed by atoms with Gasteiger partial charge in [0.2, 0.25) is 0 Å². The average molecular weight is 513 g/mol. The first kappa shape index (κ1) is 25.5. The highest BCUT2D eigenvalue weighted by atomic mass is 19.1. The molecule has 0 aliphatic carbocycles. The summed E-state index contributed by atoms with van der Waals surface area (Å²) in [6.07, 6.45) is 0.238. The van der Waals surface area contributed by atoms with Gasteiger partial charge in [-0.1, -0.05) is 36.4 Å².